The molecule has 2 heterocycles. The molecule has 2 aromatic heterocycles. The Morgan fingerprint density at radius 2 is 1.55 bits per heavy atom. The number of pyridine rings is 2. The van der Waals surface area contributed by atoms with Crippen molar-refractivity contribution in [2.75, 3.05) is 5.43 Å². The minimum absolute atomic E-state index is 0.657. The first-order valence-corrected chi connectivity index (χ1v) is 7.11. The summed E-state index contributed by atoms with van der Waals surface area (Å²) in [5.74, 6) is 0.719. The Balaban J connectivity index is 1.86. The molecule has 0 aliphatic heterocycles. The smallest absolute Gasteiger partial charge is 0.146 e. The number of hydrogen-bond donors (Lipinski definition) is 1. The van der Waals surface area contributed by atoms with Crippen LogP contribution in [-0.2, 0) is 6.42 Å². The highest BCUT2D eigenvalue weighted by molar-refractivity contribution is 6.02. The Labute approximate surface area is 129 Å². The van der Waals surface area contributed by atoms with Gasteiger partial charge in [-0.05, 0) is 29.8 Å². The molecule has 108 valence electrons. The molecule has 0 amide bonds. The summed E-state index contributed by atoms with van der Waals surface area (Å²) in [7, 11) is 0. The Kier molecular flexibility index (Phi) is 4.52. The molecule has 0 spiro atoms. The fraction of sp³-hybridized carbons (Fsp3) is 0.0556. The van der Waals surface area contributed by atoms with Crippen LogP contribution in [0.25, 0.3) is 0 Å². The number of hydrogen-bond acceptors (Lipinski definition) is 4. The van der Waals surface area contributed by atoms with Crippen molar-refractivity contribution in [2.45, 2.75) is 6.42 Å². The molecule has 3 rings (SSSR count). The standard InChI is InChI=1S/C18H16N4/c1-2-8-15(9-3-1)17(14-16-10-4-6-12-19-16)21-22-18-11-5-7-13-20-18/h1-13H,14H2,(H,20,22). The van der Waals surface area contributed by atoms with E-state index in [0.29, 0.717) is 6.42 Å². The number of nitrogens with one attached hydrogen (secondary N) is 1. The van der Waals surface area contributed by atoms with Crippen molar-refractivity contribution in [3.63, 3.8) is 0 Å². The van der Waals surface area contributed by atoms with Gasteiger partial charge in [-0.25, -0.2) is 4.98 Å². The molecule has 4 nitrogen and oxygen atoms in total. The average molecular weight is 288 g/mol. The van der Waals surface area contributed by atoms with Crippen LogP contribution in [0.1, 0.15) is 11.3 Å². The molecule has 3 aromatic rings. The van der Waals surface area contributed by atoms with Crippen molar-refractivity contribution in [3.8, 4) is 0 Å². The Hall–Kier alpha value is -3.01. The van der Waals surface area contributed by atoms with Gasteiger partial charge in [0.1, 0.15) is 5.82 Å². The summed E-state index contributed by atoms with van der Waals surface area (Å²) in [4.78, 5) is 8.59. The lowest BCUT2D eigenvalue weighted by Crippen LogP contribution is -2.09. The lowest BCUT2D eigenvalue weighted by atomic mass is 10.1. The van der Waals surface area contributed by atoms with Gasteiger partial charge in [-0.1, -0.05) is 42.5 Å². The third-order valence-corrected chi connectivity index (χ3v) is 3.15. The van der Waals surface area contributed by atoms with Crippen LogP contribution in [-0.4, -0.2) is 15.7 Å². The molecule has 0 unspecified atom stereocenters. The number of aromatic nitrogens is 2. The molecular formula is C18H16N4. The minimum Gasteiger partial charge on any atom is -0.261 e. The van der Waals surface area contributed by atoms with Gasteiger partial charge >= 0.3 is 0 Å². The average Bonchev–Trinajstić information content (AvgIpc) is 2.61. The molecule has 0 aliphatic carbocycles. The second kappa shape index (κ2) is 7.13. The number of hydrazone groups is 1. The number of benzene rings is 1. The van der Waals surface area contributed by atoms with Crippen molar-refractivity contribution in [2.24, 2.45) is 5.10 Å². The summed E-state index contributed by atoms with van der Waals surface area (Å²) in [5.41, 5.74) is 5.98. The molecule has 0 saturated carbocycles. The first-order chi connectivity index (χ1) is 10.9. The molecule has 4 heteroatoms. The third kappa shape index (κ3) is 3.76. The highest BCUT2D eigenvalue weighted by atomic mass is 15.3. The Morgan fingerprint density at radius 3 is 2.23 bits per heavy atom. The number of anilines is 1. The maximum atomic E-state index is 4.52. The van der Waals surface area contributed by atoms with E-state index in [9.17, 15) is 0 Å². The SMILES string of the molecule is c1ccc(C(Cc2ccccn2)=NNc2ccccn2)cc1. The van der Waals surface area contributed by atoms with Gasteiger partial charge in [0.15, 0.2) is 0 Å². The summed E-state index contributed by atoms with van der Waals surface area (Å²) in [6, 6.07) is 21.7. The lowest BCUT2D eigenvalue weighted by Gasteiger charge is -2.07. The molecule has 0 aliphatic rings. The zero-order valence-corrected chi connectivity index (χ0v) is 12.1. The van der Waals surface area contributed by atoms with E-state index in [1.807, 2.05) is 66.7 Å². The zero-order valence-electron chi connectivity index (χ0n) is 12.1. The van der Waals surface area contributed by atoms with Gasteiger partial charge in [-0.3, -0.25) is 10.4 Å². The van der Waals surface area contributed by atoms with Crippen LogP contribution in [0, 0.1) is 0 Å². The fourth-order valence-electron chi connectivity index (χ4n) is 2.06. The quantitative estimate of drug-likeness (QED) is 0.577. The minimum atomic E-state index is 0.657. The monoisotopic (exact) mass is 288 g/mol. The van der Waals surface area contributed by atoms with Crippen LogP contribution >= 0.6 is 0 Å². The van der Waals surface area contributed by atoms with E-state index in [4.69, 9.17) is 0 Å². The van der Waals surface area contributed by atoms with Crippen molar-refractivity contribution in [1.29, 1.82) is 0 Å². The van der Waals surface area contributed by atoms with E-state index in [1.165, 1.54) is 0 Å². The normalized spacial score (nSPS) is 11.2. The van der Waals surface area contributed by atoms with E-state index >= 15 is 0 Å². The highest BCUT2D eigenvalue weighted by Gasteiger charge is 2.06. The van der Waals surface area contributed by atoms with Gasteiger partial charge in [0, 0.05) is 24.5 Å². The lowest BCUT2D eigenvalue weighted by molar-refractivity contribution is 1.12. The molecule has 0 bridgehead atoms. The largest absolute Gasteiger partial charge is 0.261 e. The van der Waals surface area contributed by atoms with E-state index in [0.717, 1.165) is 22.8 Å². The molecule has 1 aromatic carbocycles. The molecular weight excluding hydrogens is 272 g/mol. The number of rotatable bonds is 5. The summed E-state index contributed by atoms with van der Waals surface area (Å²) in [6.45, 7) is 0. The molecule has 1 N–H and O–H groups in total. The summed E-state index contributed by atoms with van der Waals surface area (Å²) in [5, 5.41) is 4.52. The fourth-order valence-corrected chi connectivity index (χ4v) is 2.06. The summed E-state index contributed by atoms with van der Waals surface area (Å²) >= 11 is 0. The zero-order chi connectivity index (χ0) is 15.0. The molecule has 0 saturated heterocycles. The summed E-state index contributed by atoms with van der Waals surface area (Å²) < 4.78 is 0. The van der Waals surface area contributed by atoms with Crippen LogP contribution in [0.2, 0.25) is 0 Å². The summed E-state index contributed by atoms with van der Waals surface area (Å²) in [6.07, 6.45) is 4.19. The maximum Gasteiger partial charge on any atom is 0.146 e. The van der Waals surface area contributed by atoms with Crippen LogP contribution in [0.15, 0.2) is 84.2 Å². The van der Waals surface area contributed by atoms with Crippen LogP contribution in [0.4, 0.5) is 5.82 Å². The molecule has 0 fully saturated rings. The van der Waals surface area contributed by atoms with Crippen LogP contribution in [0.5, 0.6) is 0 Å². The van der Waals surface area contributed by atoms with E-state index in [-0.39, 0.29) is 0 Å². The second-order valence-electron chi connectivity index (χ2n) is 4.75. The predicted molar refractivity (Wildman–Crippen MR) is 88.8 cm³/mol. The third-order valence-electron chi connectivity index (χ3n) is 3.15. The van der Waals surface area contributed by atoms with Gasteiger partial charge in [-0.2, -0.15) is 5.10 Å². The first kappa shape index (κ1) is 13.9. The Morgan fingerprint density at radius 1 is 0.818 bits per heavy atom. The van der Waals surface area contributed by atoms with E-state index in [2.05, 4.69) is 20.5 Å². The molecule has 0 radical (unpaired) electrons. The van der Waals surface area contributed by atoms with Gasteiger partial charge < -0.3 is 0 Å². The van der Waals surface area contributed by atoms with Gasteiger partial charge in [0.05, 0.1) is 5.71 Å². The van der Waals surface area contributed by atoms with Crippen molar-refractivity contribution in [1.82, 2.24) is 9.97 Å². The van der Waals surface area contributed by atoms with Gasteiger partial charge in [-0.15, -0.1) is 0 Å². The number of nitrogens with zero attached hydrogens (tertiary/aromatic N) is 3. The van der Waals surface area contributed by atoms with E-state index < -0.39 is 0 Å². The highest BCUT2D eigenvalue weighted by Crippen LogP contribution is 2.08. The van der Waals surface area contributed by atoms with Gasteiger partial charge in [0.2, 0.25) is 0 Å². The van der Waals surface area contributed by atoms with Crippen LogP contribution in [0.3, 0.4) is 0 Å². The van der Waals surface area contributed by atoms with Gasteiger partial charge in [0.25, 0.3) is 0 Å². The van der Waals surface area contributed by atoms with Crippen molar-refractivity contribution >= 4 is 11.5 Å². The van der Waals surface area contributed by atoms with Crippen LogP contribution < -0.4 is 5.43 Å². The predicted octanol–water partition coefficient (Wildman–Crippen LogP) is 3.54. The second-order valence-corrected chi connectivity index (χ2v) is 4.75. The van der Waals surface area contributed by atoms with Crippen molar-refractivity contribution in [3.05, 3.63) is 90.4 Å². The first-order valence-electron chi connectivity index (χ1n) is 7.11. The molecule has 22 heavy (non-hydrogen) atoms. The van der Waals surface area contributed by atoms with E-state index in [1.54, 1.807) is 12.4 Å². The maximum absolute atomic E-state index is 4.52. The van der Waals surface area contributed by atoms with Crippen molar-refractivity contribution < 1.29 is 0 Å². The Bertz CT molecular complexity index is 725. The topological polar surface area (TPSA) is 50.2 Å². The molecule has 0 atom stereocenters.